The summed E-state index contributed by atoms with van der Waals surface area (Å²) in [6, 6.07) is 6.70. The zero-order valence-corrected chi connectivity index (χ0v) is 14.9. The van der Waals surface area contributed by atoms with Gasteiger partial charge in [-0.1, -0.05) is 17.7 Å². The Morgan fingerprint density at radius 3 is 2.48 bits per heavy atom. The lowest BCUT2D eigenvalue weighted by molar-refractivity contribution is 0.0140. The molecule has 1 amide bonds. The first-order chi connectivity index (χ1) is 10.8. The fourth-order valence-electron chi connectivity index (χ4n) is 3.39. The monoisotopic (exact) mass is 336 g/mol. The van der Waals surface area contributed by atoms with Crippen LogP contribution in [0, 0.1) is 0 Å². The van der Waals surface area contributed by atoms with Crippen molar-refractivity contribution in [2.45, 2.75) is 58.3 Å². The van der Waals surface area contributed by atoms with Gasteiger partial charge in [-0.2, -0.15) is 0 Å². The summed E-state index contributed by atoms with van der Waals surface area (Å²) in [6.07, 6.45) is 1.81. The minimum absolute atomic E-state index is 0.188. The molecule has 4 nitrogen and oxygen atoms in total. The van der Waals surface area contributed by atoms with E-state index in [1.165, 1.54) is 11.1 Å². The molecule has 1 aromatic rings. The molecule has 2 aliphatic heterocycles. The van der Waals surface area contributed by atoms with Crippen LogP contribution in [0.4, 0.5) is 4.79 Å². The summed E-state index contributed by atoms with van der Waals surface area (Å²) in [7, 11) is 0. The number of nitrogens with zero attached hydrogens (tertiary/aromatic N) is 2. The summed E-state index contributed by atoms with van der Waals surface area (Å²) in [4.78, 5) is 16.5. The van der Waals surface area contributed by atoms with E-state index in [-0.39, 0.29) is 6.09 Å². The number of fused-ring (bicyclic) bond motifs is 1. The highest BCUT2D eigenvalue weighted by atomic mass is 35.5. The number of hydrogen-bond donors (Lipinski definition) is 0. The van der Waals surface area contributed by atoms with Crippen LogP contribution < -0.4 is 0 Å². The summed E-state index contributed by atoms with van der Waals surface area (Å²) in [6.45, 7) is 9.22. The lowest BCUT2D eigenvalue weighted by Gasteiger charge is -2.37. The summed E-state index contributed by atoms with van der Waals surface area (Å²) in [5.41, 5.74) is 2.29. The van der Waals surface area contributed by atoms with E-state index in [1.807, 2.05) is 31.7 Å². The Hall–Kier alpha value is -1.26. The maximum Gasteiger partial charge on any atom is 0.410 e. The smallest absolute Gasteiger partial charge is 0.410 e. The van der Waals surface area contributed by atoms with E-state index in [1.54, 1.807) is 0 Å². The summed E-state index contributed by atoms with van der Waals surface area (Å²) < 4.78 is 5.46. The van der Waals surface area contributed by atoms with Crippen molar-refractivity contribution in [2.24, 2.45) is 0 Å². The van der Waals surface area contributed by atoms with Gasteiger partial charge in [0.05, 0.1) is 0 Å². The quantitative estimate of drug-likeness (QED) is 0.775. The van der Waals surface area contributed by atoms with Gasteiger partial charge in [0.2, 0.25) is 0 Å². The molecule has 0 saturated carbocycles. The highest BCUT2D eigenvalue weighted by Gasteiger charge is 2.31. The Balaban J connectivity index is 1.53. The molecule has 0 aromatic heterocycles. The third kappa shape index (κ3) is 3.99. The van der Waals surface area contributed by atoms with Gasteiger partial charge in [0.25, 0.3) is 0 Å². The first-order valence-corrected chi connectivity index (χ1v) is 8.69. The second kappa shape index (κ2) is 6.33. The first-order valence-electron chi connectivity index (χ1n) is 8.31. The number of amides is 1. The topological polar surface area (TPSA) is 32.8 Å². The second-order valence-electron chi connectivity index (χ2n) is 7.52. The van der Waals surface area contributed by atoms with Gasteiger partial charge in [0, 0.05) is 37.2 Å². The van der Waals surface area contributed by atoms with Crippen LogP contribution in [0.2, 0.25) is 5.02 Å². The molecule has 0 atom stereocenters. The van der Waals surface area contributed by atoms with Crippen molar-refractivity contribution >= 4 is 17.7 Å². The van der Waals surface area contributed by atoms with Gasteiger partial charge in [0.15, 0.2) is 0 Å². The van der Waals surface area contributed by atoms with Gasteiger partial charge >= 0.3 is 6.09 Å². The van der Waals surface area contributed by atoms with Crippen molar-refractivity contribution in [1.82, 2.24) is 9.80 Å². The van der Waals surface area contributed by atoms with Crippen LogP contribution in [0.5, 0.6) is 0 Å². The fourth-order valence-corrected chi connectivity index (χ4v) is 3.58. The Labute approximate surface area is 143 Å². The van der Waals surface area contributed by atoms with E-state index < -0.39 is 5.60 Å². The average molecular weight is 337 g/mol. The maximum absolute atomic E-state index is 12.1. The number of carbonyl (C=O) groups excluding carboxylic acids is 1. The molecular weight excluding hydrogens is 312 g/mol. The minimum Gasteiger partial charge on any atom is -0.444 e. The van der Waals surface area contributed by atoms with E-state index >= 15 is 0 Å². The number of halogens is 1. The molecular formula is C18H25ClN2O2. The van der Waals surface area contributed by atoms with Crippen molar-refractivity contribution in [3.05, 3.63) is 34.3 Å². The summed E-state index contributed by atoms with van der Waals surface area (Å²) >= 11 is 6.09. The number of benzene rings is 1. The molecule has 0 spiro atoms. The van der Waals surface area contributed by atoms with Crippen LogP contribution in [-0.2, 0) is 17.8 Å². The molecule has 23 heavy (non-hydrogen) atoms. The molecule has 2 aliphatic rings. The third-order valence-corrected chi connectivity index (χ3v) is 4.78. The standard InChI is InChI=1S/C18H25ClN2O2/c1-18(2,3)23-17(22)20-8-6-16(7-9-20)21-11-13-4-5-15(19)10-14(13)12-21/h4-5,10,16H,6-9,11-12H2,1-3H3. The molecule has 0 bridgehead atoms. The zero-order chi connectivity index (χ0) is 16.6. The normalized spacial score (nSPS) is 19.7. The number of rotatable bonds is 1. The van der Waals surface area contributed by atoms with Gasteiger partial charge < -0.3 is 9.64 Å². The SMILES string of the molecule is CC(C)(C)OC(=O)N1CCC(N2Cc3ccc(Cl)cc3C2)CC1. The molecule has 1 fully saturated rings. The van der Waals surface area contributed by atoms with Gasteiger partial charge in [0.1, 0.15) is 5.60 Å². The number of ether oxygens (including phenoxy) is 1. The van der Waals surface area contributed by atoms with Crippen molar-refractivity contribution in [3.8, 4) is 0 Å². The number of hydrogen-bond acceptors (Lipinski definition) is 3. The van der Waals surface area contributed by atoms with Crippen LogP contribution in [0.1, 0.15) is 44.7 Å². The number of carbonyl (C=O) groups is 1. The Bertz CT molecular complexity index is 589. The van der Waals surface area contributed by atoms with Gasteiger partial charge in [-0.05, 0) is 56.9 Å². The summed E-state index contributed by atoms with van der Waals surface area (Å²) in [5.74, 6) is 0. The lowest BCUT2D eigenvalue weighted by atomic mass is 10.0. The van der Waals surface area contributed by atoms with E-state index in [4.69, 9.17) is 16.3 Å². The van der Waals surface area contributed by atoms with Crippen LogP contribution in [-0.4, -0.2) is 40.6 Å². The van der Waals surface area contributed by atoms with E-state index in [0.29, 0.717) is 6.04 Å². The Morgan fingerprint density at radius 1 is 1.17 bits per heavy atom. The van der Waals surface area contributed by atoms with Crippen LogP contribution >= 0.6 is 11.6 Å². The van der Waals surface area contributed by atoms with Crippen LogP contribution in [0.25, 0.3) is 0 Å². The molecule has 1 aromatic carbocycles. The van der Waals surface area contributed by atoms with Crippen molar-refractivity contribution in [1.29, 1.82) is 0 Å². The van der Waals surface area contributed by atoms with Crippen molar-refractivity contribution in [2.75, 3.05) is 13.1 Å². The predicted molar refractivity (Wildman–Crippen MR) is 91.5 cm³/mol. The van der Waals surface area contributed by atoms with Crippen molar-refractivity contribution in [3.63, 3.8) is 0 Å². The second-order valence-corrected chi connectivity index (χ2v) is 7.95. The lowest BCUT2D eigenvalue weighted by Crippen LogP contribution is -2.46. The summed E-state index contributed by atoms with van der Waals surface area (Å²) in [5, 5.41) is 0.811. The molecule has 0 N–H and O–H groups in total. The highest BCUT2D eigenvalue weighted by Crippen LogP contribution is 2.30. The molecule has 0 aliphatic carbocycles. The molecule has 3 rings (SSSR count). The Kier molecular flexibility index (Phi) is 4.56. The molecule has 0 radical (unpaired) electrons. The van der Waals surface area contributed by atoms with E-state index in [9.17, 15) is 4.79 Å². The van der Waals surface area contributed by atoms with E-state index in [2.05, 4.69) is 17.0 Å². The Morgan fingerprint density at radius 2 is 1.83 bits per heavy atom. The molecule has 0 unspecified atom stereocenters. The zero-order valence-electron chi connectivity index (χ0n) is 14.1. The number of piperidine rings is 1. The van der Waals surface area contributed by atoms with Gasteiger partial charge in [-0.3, -0.25) is 4.90 Å². The molecule has 5 heteroatoms. The van der Waals surface area contributed by atoms with Gasteiger partial charge in [-0.15, -0.1) is 0 Å². The maximum atomic E-state index is 12.1. The molecule has 1 saturated heterocycles. The van der Waals surface area contributed by atoms with Gasteiger partial charge in [-0.25, -0.2) is 4.79 Å². The molecule has 2 heterocycles. The van der Waals surface area contributed by atoms with Crippen molar-refractivity contribution < 1.29 is 9.53 Å². The minimum atomic E-state index is -0.427. The fraction of sp³-hybridized carbons (Fsp3) is 0.611. The third-order valence-electron chi connectivity index (χ3n) is 4.55. The average Bonchev–Trinajstić information content (AvgIpc) is 2.88. The largest absolute Gasteiger partial charge is 0.444 e. The first kappa shape index (κ1) is 16.6. The van der Waals surface area contributed by atoms with Crippen LogP contribution in [0.15, 0.2) is 18.2 Å². The van der Waals surface area contributed by atoms with E-state index in [0.717, 1.165) is 44.0 Å². The number of likely N-dealkylation sites (tertiary alicyclic amines) is 1. The highest BCUT2D eigenvalue weighted by molar-refractivity contribution is 6.30. The van der Waals surface area contributed by atoms with Crippen LogP contribution in [0.3, 0.4) is 0 Å². The molecule has 126 valence electrons. The predicted octanol–water partition coefficient (Wildman–Crippen LogP) is 4.06.